The van der Waals surface area contributed by atoms with Crippen LogP contribution in [0.1, 0.15) is 11.3 Å². The molecule has 118 valence electrons. The van der Waals surface area contributed by atoms with Crippen molar-refractivity contribution in [3.8, 4) is 11.5 Å². The quantitative estimate of drug-likeness (QED) is 0.782. The number of aryl methyl sites for hydroxylation is 1. The molecule has 1 aromatic carbocycles. The lowest BCUT2D eigenvalue weighted by molar-refractivity contribution is -0.120. The average Bonchev–Trinajstić information content (AvgIpc) is 3.16. The summed E-state index contributed by atoms with van der Waals surface area (Å²) in [4.78, 5) is 12.0. The maximum atomic E-state index is 12.0. The predicted molar refractivity (Wildman–Crippen MR) is 87.9 cm³/mol. The molecular weight excluding hydrogens is 314 g/mol. The molecular formula is C17H16ClN3O2. The molecule has 0 aliphatic rings. The molecule has 0 saturated heterocycles. The molecule has 0 atom stereocenters. The maximum Gasteiger partial charge on any atom is 0.224 e. The van der Waals surface area contributed by atoms with Crippen molar-refractivity contribution in [2.75, 3.05) is 0 Å². The Kier molecular flexibility index (Phi) is 4.48. The number of rotatable bonds is 5. The van der Waals surface area contributed by atoms with Gasteiger partial charge in [0.2, 0.25) is 5.91 Å². The van der Waals surface area contributed by atoms with E-state index >= 15 is 0 Å². The second kappa shape index (κ2) is 6.71. The number of nitrogens with zero attached hydrogens (tertiary/aromatic N) is 2. The number of carbonyl (C=O) groups excluding carboxylic acids is 1. The number of hydrogen-bond acceptors (Lipinski definition) is 3. The molecule has 0 aliphatic heterocycles. The standard InChI is InChI=1S/C17H16ClN3O2/c1-21-15(8-9-20-21)16-7-6-13(23-16)11-19-17(22)10-12-4-2-3-5-14(12)18/h2-9H,10-11H2,1H3,(H,19,22). The fraction of sp³-hybridized carbons (Fsp3) is 0.176. The highest BCUT2D eigenvalue weighted by Crippen LogP contribution is 2.21. The lowest BCUT2D eigenvalue weighted by Gasteiger charge is -2.05. The average molecular weight is 330 g/mol. The lowest BCUT2D eigenvalue weighted by atomic mass is 10.1. The van der Waals surface area contributed by atoms with Crippen molar-refractivity contribution in [1.29, 1.82) is 0 Å². The summed E-state index contributed by atoms with van der Waals surface area (Å²) >= 11 is 6.05. The van der Waals surface area contributed by atoms with E-state index in [0.717, 1.165) is 17.0 Å². The summed E-state index contributed by atoms with van der Waals surface area (Å²) in [6.45, 7) is 0.334. The second-order valence-electron chi connectivity index (χ2n) is 5.15. The second-order valence-corrected chi connectivity index (χ2v) is 5.56. The number of halogens is 1. The van der Waals surface area contributed by atoms with Gasteiger partial charge >= 0.3 is 0 Å². The zero-order valence-electron chi connectivity index (χ0n) is 12.6. The summed E-state index contributed by atoms with van der Waals surface area (Å²) in [7, 11) is 1.85. The van der Waals surface area contributed by atoms with Crippen LogP contribution in [0.4, 0.5) is 0 Å². The molecule has 0 saturated carbocycles. The molecule has 0 fully saturated rings. The van der Waals surface area contributed by atoms with E-state index in [-0.39, 0.29) is 12.3 Å². The predicted octanol–water partition coefficient (Wildman–Crippen LogP) is 3.19. The van der Waals surface area contributed by atoms with Crippen molar-refractivity contribution in [1.82, 2.24) is 15.1 Å². The molecule has 1 amide bonds. The van der Waals surface area contributed by atoms with Crippen LogP contribution in [0.15, 0.2) is 53.1 Å². The van der Waals surface area contributed by atoms with Crippen molar-refractivity contribution in [3.05, 3.63) is 65.0 Å². The minimum absolute atomic E-state index is 0.100. The van der Waals surface area contributed by atoms with E-state index in [4.69, 9.17) is 16.0 Å². The van der Waals surface area contributed by atoms with Gasteiger partial charge in [-0.3, -0.25) is 9.48 Å². The number of hydrogen-bond donors (Lipinski definition) is 1. The first-order valence-electron chi connectivity index (χ1n) is 7.20. The SMILES string of the molecule is Cn1nccc1-c1ccc(CNC(=O)Cc2ccccc2Cl)o1. The van der Waals surface area contributed by atoms with Crippen LogP contribution in [0.3, 0.4) is 0 Å². The first-order chi connectivity index (χ1) is 11.1. The number of nitrogens with one attached hydrogen (secondary N) is 1. The molecule has 2 aromatic heterocycles. The van der Waals surface area contributed by atoms with Crippen LogP contribution in [0.25, 0.3) is 11.5 Å². The summed E-state index contributed by atoms with van der Waals surface area (Å²) < 4.78 is 7.47. The Balaban J connectivity index is 1.59. The highest BCUT2D eigenvalue weighted by atomic mass is 35.5. The lowest BCUT2D eigenvalue weighted by Crippen LogP contribution is -2.24. The van der Waals surface area contributed by atoms with Gasteiger partial charge in [-0.25, -0.2) is 0 Å². The monoisotopic (exact) mass is 329 g/mol. The third-order valence-corrected chi connectivity index (χ3v) is 3.87. The number of carbonyl (C=O) groups is 1. The van der Waals surface area contributed by atoms with Gasteiger partial charge in [-0.05, 0) is 29.8 Å². The molecule has 0 spiro atoms. The molecule has 1 N–H and O–H groups in total. The van der Waals surface area contributed by atoms with Crippen LogP contribution < -0.4 is 5.32 Å². The third-order valence-electron chi connectivity index (χ3n) is 3.50. The Hall–Kier alpha value is -2.53. The Bertz CT molecular complexity index is 823. The zero-order valence-corrected chi connectivity index (χ0v) is 13.4. The van der Waals surface area contributed by atoms with Gasteiger partial charge in [0.05, 0.1) is 13.0 Å². The Labute approximate surface area is 138 Å². The molecule has 0 unspecified atom stereocenters. The highest BCUT2D eigenvalue weighted by Gasteiger charge is 2.10. The largest absolute Gasteiger partial charge is 0.458 e. The molecule has 0 radical (unpaired) electrons. The topological polar surface area (TPSA) is 60.1 Å². The minimum Gasteiger partial charge on any atom is -0.458 e. The Morgan fingerprint density at radius 3 is 2.83 bits per heavy atom. The third kappa shape index (κ3) is 3.63. The fourth-order valence-electron chi connectivity index (χ4n) is 2.29. The van der Waals surface area contributed by atoms with Crippen molar-refractivity contribution in [2.24, 2.45) is 7.05 Å². The van der Waals surface area contributed by atoms with Gasteiger partial charge in [0.1, 0.15) is 11.5 Å². The normalized spacial score (nSPS) is 10.7. The molecule has 3 rings (SSSR count). The minimum atomic E-state index is -0.100. The summed E-state index contributed by atoms with van der Waals surface area (Å²) in [6, 6.07) is 12.9. The maximum absolute atomic E-state index is 12.0. The molecule has 0 aliphatic carbocycles. The first-order valence-corrected chi connectivity index (χ1v) is 7.58. The Morgan fingerprint density at radius 1 is 1.26 bits per heavy atom. The summed E-state index contributed by atoms with van der Waals surface area (Å²) in [5, 5.41) is 7.54. The summed E-state index contributed by atoms with van der Waals surface area (Å²) in [5.41, 5.74) is 1.69. The number of furan rings is 1. The van der Waals surface area contributed by atoms with Gasteiger partial charge < -0.3 is 9.73 Å². The van der Waals surface area contributed by atoms with E-state index < -0.39 is 0 Å². The van der Waals surface area contributed by atoms with E-state index in [1.54, 1.807) is 16.9 Å². The van der Waals surface area contributed by atoms with E-state index in [1.807, 2.05) is 43.4 Å². The van der Waals surface area contributed by atoms with Crippen molar-refractivity contribution in [3.63, 3.8) is 0 Å². The highest BCUT2D eigenvalue weighted by molar-refractivity contribution is 6.31. The van der Waals surface area contributed by atoms with Gasteiger partial charge in [-0.2, -0.15) is 5.10 Å². The first kappa shape index (κ1) is 15.4. The van der Waals surface area contributed by atoms with E-state index in [1.165, 1.54) is 0 Å². The molecule has 23 heavy (non-hydrogen) atoms. The van der Waals surface area contributed by atoms with E-state index in [2.05, 4.69) is 10.4 Å². The van der Waals surface area contributed by atoms with Gasteiger partial charge in [0.15, 0.2) is 5.76 Å². The zero-order chi connectivity index (χ0) is 16.2. The van der Waals surface area contributed by atoms with Gasteiger partial charge in [0.25, 0.3) is 0 Å². The van der Waals surface area contributed by atoms with Crippen LogP contribution in [-0.4, -0.2) is 15.7 Å². The Morgan fingerprint density at radius 2 is 2.09 bits per heavy atom. The molecule has 3 aromatic rings. The van der Waals surface area contributed by atoms with Crippen LogP contribution in [0, 0.1) is 0 Å². The van der Waals surface area contributed by atoms with Crippen LogP contribution in [0.2, 0.25) is 5.02 Å². The molecule has 5 nitrogen and oxygen atoms in total. The number of aromatic nitrogens is 2. The fourth-order valence-corrected chi connectivity index (χ4v) is 2.49. The van der Waals surface area contributed by atoms with Crippen molar-refractivity contribution >= 4 is 17.5 Å². The van der Waals surface area contributed by atoms with E-state index in [9.17, 15) is 4.79 Å². The van der Waals surface area contributed by atoms with Gasteiger partial charge in [-0.1, -0.05) is 29.8 Å². The van der Waals surface area contributed by atoms with Gasteiger partial charge in [-0.15, -0.1) is 0 Å². The number of benzene rings is 1. The molecule has 2 heterocycles. The number of amides is 1. The van der Waals surface area contributed by atoms with E-state index in [0.29, 0.717) is 17.3 Å². The van der Waals surface area contributed by atoms with Crippen LogP contribution in [0.5, 0.6) is 0 Å². The van der Waals surface area contributed by atoms with Crippen LogP contribution >= 0.6 is 11.6 Å². The van der Waals surface area contributed by atoms with Gasteiger partial charge in [0, 0.05) is 18.3 Å². The summed E-state index contributed by atoms with van der Waals surface area (Å²) in [5.74, 6) is 1.31. The van der Waals surface area contributed by atoms with Crippen LogP contribution in [-0.2, 0) is 24.8 Å². The molecule has 0 bridgehead atoms. The summed E-state index contributed by atoms with van der Waals surface area (Å²) in [6.07, 6.45) is 1.96. The van der Waals surface area contributed by atoms with Crippen molar-refractivity contribution < 1.29 is 9.21 Å². The molecule has 6 heteroatoms. The van der Waals surface area contributed by atoms with Crippen molar-refractivity contribution in [2.45, 2.75) is 13.0 Å². The smallest absolute Gasteiger partial charge is 0.224 e.